The smallest absolute Gasteiger partial charge is 0.272 e. The van der Waals surface area contributed by atoms with Gasteiger partial charge in [-0.25, -0.2) is 0 Å². The van der Waals surface area contributed by atoms with Crippen molar-refractivity contribution in [3.05, 3.63) is 30.1 Å². The van der Waals surface area contributed by atoms with Gasteiger partial charge in [0.25, 0.3) is 5.91 Å². The van der Waals surface area contributed by atoms with Crippen molar-refractivity contribution in [2.24, 2.45) is 0 Å². The van der Waals surface area contributed by atoms with Crippen LogP contribution < -0.4 is 5.32 Å². The number of pyridine rings is 1. The Bertz CT molecular complexity index is 374. The number of amides is 1. The number of hydrogen-bond acceptors (Lipinski definition) is 3. The van der Waals surface area contributed by atoms with Crippen molar-refractivity contribution >= 4 is 5.91 Å². The lowest BCUT2D eigenvalue weighted by Gasteiger charge is -2.34. The van der Waals surface area contributed by atoms with E-state index in [1.54, 1.807) is 12.3 Å². The first kappa shape index (κ1) is 13.0. The summed E-state index contributed by atoms with van der Waals surface area (Å²) in [6.45, 7) is 4.93. The quantitative estimate of drug-likeness (QED) is 0.880. The Hall–Kier alpha value is -1.42. The van der Waals surface area contributed by atoms with Crippen molar-refractivity contribution in [3.8, 4) is 0 Å². The van der Waals surface area contributed by atoms with Gasteiger partial charge in [-0.15, -0.1) is 0 Å². The third-order valence-corrected chi connectivity index (χ3v) is 3.36. The Labute approximate surface area is 108 Å². The molecule has 18 heavy (non-hydrogen) atoms. The van der Waals surface area contributed by atoms with Gasteiger partial charge in [-0.1, -0.05) is 13.0 Å². The summed E-state index contributed by atoms with van der Waals surface area (Å²) in [4.78, 5) is 18.7. The number of rotatable bonds is 4. The fraction of sp³-hybridized carbons (Fsp3) is 0.571. The Balaban J connectivity index is 2.11. The van der Waals surface area contributed by atoms with Crippen molar-refractivity contribution in [1.29, 1.82) is 0 Å². The van der Waals surface area contributed by atoms with Gasteiger partial charge >= 0.3 is 0 Å². The molecule has 1 aromatic rings. The molecule has 1 aliphatic rings. The summed E-state index contributed by atoms with van der Waals surface area (Å²) < 4.78 is 0. The Morgan fingerprint density at radius 2 is 2.22 bits per heavy atom. The highest BCUT2D eigenvalue weighted by Gasteiger charge is 2.25. The minimum Gasteiger partial charge on any atom is -0.334 e. The molecule has 0 aromatic carbocycles. The molecule has 2 rings (SSSR count). The Kier molecular flexibility index (Phi) is 4.70. The summed E-state index contributed by atoms with van der Waals surface area (Å²) in [5.74, 6) is 0.0735. The summed E-state index contributed by atoms with van der Waals surface area (Å²) in [6.07, 6.45) is 4.75. The van der Waals surface area contributed by atoms with Crippen molar-refractivity contribution < 1.29 is 4.79 Å². The SMILES string of the molecule is CCCN(C(=O)c1ccccn1)C1CCNCC1. The lowest BCUT2D eigenvalue weighted by Crippen LogP contribution is -2.46. The molecule has 4 heteroatoms. The maximum absolute atomic E-state index is 12.5. The van der Waals surface area contributed by atoms with Gasteiger partial charge in [0.1, 0.15) is 5.69 Å². The van der Waals surface area contributed by atoms with Gasteiger partial charge in [-0.2, -0.15) is 0 Å². The van der Waals surface area contributed by atoms with Gasteiger partial charge in [0.05, 0.1) is 0 Å². The van der Waals surface area contributed by atoms with E-state index in [0.717, 1.165) is 38.9 Å². The molecule has 0 radical (unpaired) electrons. The van der Waals surface area contributed by atoms with Crippen molar-refractivity contribution in [2.75, 3.05) is 19.6 Å². The second-order valence-electron chi connectivity index (χ2n) is 4.69. The molecular weight excluding hydrogens is 226 g/mol. The van der Waals surface area contributed by atoms with Crippen LogP contribution in [0.3, 0.4) is 0 Å². The van der Waals surface area contributed by atoms with Crippen LogP contribution in [0.1, 0.15) is 36.7 Å². The van der Waals surface area contributed by atoms with Crippen LogP contribution >= 0.6 is 0 Å². The molecule has 1 saturated heterocycles. The fourth-order valence-electron chi connectivity index (χ4n) is 2.45. The minimum atomic E-state index is 0.0735. The average molecular weight is 247 g/mol. The molecule has 0 spiro atoms. The van der Waals surface area contributed by atoms with Crippen molar-refractivity contribution in [1.82, 2.24) is 15.2 Å². The summed E-state index contributed by atoms with van der Waals surface area (Å²) in [5.41, 5.74) is 0.560. The number of nitrogens with one attached hydrogen (secondary N) is 1. The Morgan fingerprint density at radius 3 is 2.83 bits per heavy atom. The third kappa shape index (κ3) is 3.07. The van der Waals surface area contributed by atoms with Crippen LogP contribution in [-0.2, 0) is 0 Å². The van der Waals surface area contributed by atoms with E-state index in [0.29, 0.717) is 11.7 Å². The minimum absolute atomic E-state index is 0.0735. The van der Waals surface area contributed by atoms with Crippen LogP contribution in [0.25, 0.3) is 0 Å². The van der Waals surface area contributed by atoms with Crippen LogP contribution in [0.4, 0.5) is 0 Å². The molecule has 1 aliphatic heterocycles. The van der Waals surface area contributed by atoms with E-state index in [2.05, 4.69) is 17.2 Å². The third-order valence-electron chi connectivity index (χ3n) is 3.36. The van der Waals surface area contributed by atoms with E-state index in [-0.39, 0.29) is 5.91 Å². The maximum Gasteiger partial charge on any atom is 0.272 e. The van der Waals surface area contributed by atoms with Gasteiger partial charge < -0.3 is 10.2 Å². The first-order valence-electron chi connectivity index (χ1n) is 6.75. The first-order valence-corrected chi connectivity index (χ1v) is 6.75. The molecule has 1 aromatic heterocycles. The molecule has 1 amide bonds. The number of aromatic nitrogens is 1. The fourth-order valence-corrected chi connectivity index (χ4v) is 2.45. The highest BCUT2D eigenvalue weighted by Crippen LogP contribution is 2.15. The van der Waals surface area contributed by atoms with Crippen LogP contribution in [-0.4, -0.2) is 41.5 Å². The van der Waals surface area contributed by atoms with E-state index < -0.39 is 0 Å². The molecule has 0 aliphatic carbocycles. The number of carbonyl (C=O) groups excluding carboxylic acids is 1. The zero-order valence-corrected chi connectivity index (χ0v) is 10.9. The molecule has 4 nitrogen and oxygen atoms in total. The second kappa shape index (κ2) is 6.50. The average Bonchev–Trinajstić information content (AvgIpc) is 2.46. The standard InChI is InChI=1S/C14H21N3O/c1-2-11-17(12-6-9-15-10-7-12)14(18)13-5-3-4-8-16-13/h3-5,8,12,15H,2,6-7,9-11H2,1H3. The monoisotopic (exact) mass is 247 g/mol. The zero-order valence-electron chi connectivity index (χ0n) is 10.9. The van der Waals surface area contributed by atoms with Gasteiger partial charge in [0, 0.05) is 18.8 Å². The van der Waals surface area contributed by atoms with E-state index >= 15 is 0 Å². The number of piperidine rings is 1. The molecule has 98 valence electrons. The number of carbonyl (C=O) groups is 1. The van der Waals surface area contributed by atoms with Gasteiger partial charge in [0.2, 0.25) is 0 Å². The van der Waals surface area contributed by atoms with Crippen LogP contribution in [0.2, 0.25) is 0 Å². The first-order chi connectivity index (χ1) is 8.83. The lowest BCUT2D eigenvalue weighted by atomic mass is 10.0. The van der Waals surface area contributed by atoms with Crippen molar-refractivity contribution in [2.45, 2.75) is 32.2 Å². The molecule has 2 heterocycles. The van der Waals surface area contributed by atoms with Gasteiger partial charge in [-0.05, 0) is 44.5 Å². The van der Waals surface area contributed by atoms with Gasteiger partial charge in [0.15, 0.2) is 0 Å². The highest BCUT2D eigenvalue weighted by atomic mass is 16.2. The maximum atomic E-state index is 12.5. The van der Waals surface area contributed by atoms with Gasteiger partial charge in [-0.3, -0.25) is 9.78 Å². The molecule has 0 saturated carbocycles. The summed E-state index contributed by atoms with van der Waals surface area (Å²) in [5, 5.41) is 3.34. The molecule has 0 bridgehead atoms. The zero-order chi connectivity index (χ0) is 12.8. The highest BCUT2D eigenvalue weighted by molar-refractivity contribution is 5.92. The molecule has 1 fully saturated rings. The van der Waals surface area contributed by atoms with E-state index in [1.807, 2.05) is 17.0 Å². The summed E-state index contributed by atoms with van der Waals surface area (Å²) >= 11 is 0. The van der Waals surface area contributed by atoms with Crippen LogP contribution in [0.15, 0.2) is 24.4 Å². The van der Waals surface area contributed by atoms with Crippen LogP contribution in [0, 0.1) is 0 Å². The predicted octanol–water partition coefficient (Wildman–Crippen LogP) is 1.69. The summed E-state index contributed by atoms with van der Waals surface area (Å²) in [7, 11) is 0. The second-order valence-corrected chi connectivity index (χ2v) is 4.69. The number of nitrogens with zero attached hydrogens (tertiary/aromatic N) is 2. The molecule has 0 unspecified atom stereocenters. The lowest BCUT2D eigenvalue weighted by molar-refractivity contribution is 0.0636. The van der Waals surface area contributed by atoms with E-state index in [1.165, 1.54) is 0 Å². The molecule has 0 atom stereocenters. The van der Waals surface area contributed by atoms with E-state index in [9.17, 15) is 4.79 Å². The Morgan fingerprint density at radius 1 is 1.44 bits per heavy atom. The summed E-state index contributed by atoms with van der Waals surface area (Å²) in [6, 6.07) is 5.87. The van der Waals surface area contributed by atoms with Crippen molar-refractivity contribution in [3.63, 3.8) is 0 Å². The normalized spacial score (nSPS) is 16.5. The molecule has 1 N–H and O–H groups in total. The largest absolute Gasteiger partial charge is 0.334 e. The predicted molar refractivity (Wildman–Crippen MR) is 71.5 cm³/mol. The number of hydrogen-bond donors (Lipinski definition) is 1. The topological polar surface area (TPSA) is 45.2 Å². The molecular formula is C14H21N3O. The van der Waals surface area contributed by atoms with Crippen LogP contribution in [0.5, 0.6) is 0 Å². The van der Waals surface area contributed by atoms with E-state index in [4.69, 9.17) is 0 Å².